The van der Waals surface area contributed by atoms with Gasteiger partial charge in [0.2, 0.25) is 0 Å². The molecule has 0 aliphatic rings. The highest BCUT2D eigenvalue weighted by atomic mass is 16.4. The van der Waals surface area contributed by atoms with Crippen LogP contribution in [0.2, 0.25) is 0 Å². The molecule has 1 atom stereocenters. The molecule has 4 N–H and O–H groups in total. The largest absolute Gasteiger partial charge is 0.480 e. The topological polar surface area (TPSA) is 92.4 Å². The predicted molar refractivity (Wildman–Crippen MR) is 79.9 cm³/mol. The van der Waals surface area contributed by atoms with Crippen LogP contribution >= 0.6 is 0 Å². The maximum Gasteiger partial charge on any atom is 0.326 e. The Hall–Kier alpha value is -2.82. The van der Waals surface area contributed by atoms with Gasteiger partial charge in [-0.05, 0) is 29.8 Å². The van der Waals surface area contributed by atoms with Gasteiger partial charge in [-0.2, -0.15) is 0 Å². The van der Waals surface area contributed by atoms with Crippen molar-refractivity contribution in [3.8, 4) is 0 Å². The lowest BCUT2D eigenvalue weighted by Crippen LogP contribution is -2.42. The highest BCUT2D eigenvalue weighted by Gasteiger charge is 2.20. The zero-order chi connectivity index (χ0) is 15.2. The number of hydrogen-bond donors (Lipinski definition) is 3. The van der Waals surface area contributed by atoms with Crippen LogP contribution in [0.15, 0.2) is 54.6 Å². The first kappa shape index (κ1) is 14.6. The average molecular weight is 284 g/mol. The Morgan fingerprint density at radius 2 is 1.67 bits per heavy atom. The molecule has 0 saturated carbocycles. The first-order valence-electron chi connectivity index (χ1n) is 6.49. The Morgan fingerprint density at radius 3 is 2.24 bits per heavy atom. The number of rotatable bonds is 5. The molecular formula is C16H16N2O3. The van der Waals surface area contributed by atoms with Gasteiger partial charge in [0.15, 0.2) is 0 Å². The predicted octanol–water partition coefficient (Wildman–Crippen LogP) is 1.69. The molecule has 0 spiro atoms. The number of amides is 1. The van der Waals surface area contributed by atoms with E-state index in [1.54, 1.807) is 24.3 Å². The average Bonchev–Trinajstić information content (AvgIpc) is 2.48. The van der Waals surface area contributed by atoms with Gasteiger partial charge < -0.3 is 16.2 Å². The number of benzene rings is 2. The number of carbonyl (C=O) groups is 2. The van der Waals surface area contributed by atoms with Crippen molar-refractivity contribution in [2.75, 3.05) is 5.73 Å². The third-order valence-electron chi connectivity index (χ3n) is 3.06. The summed E-state index contributed by atoms with van der Waals surface area (Å²) in [5.74, 6) is -1.50. The van der Waals surface area contributed by atoms with Crippen LogP contribution in [-0.2, 0) is 11.2 Å². The van der Waals surface area contributed by atoms with Crippen LogP contribution in [0.3, 0.4) is 0 Å². The van der Waals surface area contributed by atoms with Crippen LogP contribution in [0.25, 0.3) is 0 Å². The quantitative estimate of drug-likeness (QED) is 0.728. The Bertz CT molecular complexity index is 624. The molecule has 2 aromatic carbocycles. The van der Waals surface area contributed by atoms with E-state index in [0.717, 1.165) is 5.56 Å². The van der Waals surface area contributed by atoms with Crippen LogP contribution in [0.1, 0.15) is 15.9 Å². The zero-order valence-electron chi connectivity index (χ0n) is 11.3. The number of carboxylic acid groups (broad SMARTS) is 1. The summed E-state index contributed by atoms with van der Waals surface area (Å²) < 4.78 is 0. The lowest BCUT2D eigenvalue weighted by Gasteiger charge is -2.14. The molecule has 0 saturated heterocycles. The van der Waals surface area contributed by atoms with Crippen molar-refractivity contribution in [1.82, 2.24) is 5.32 Å². The fraction of sp³-hybridized carbons (Fsp3) is 0.125. The number of nitrogen functional groups attached to an aromatic ring is 1. The third-order valence-corrected chi connectivity index (χ3v) is 3.06. The van der Waals surface area contributed by atoms with E-state index in [1.807, 2.05) is 30.3 Å². The van der Waals surface area contributed by atoms with Gasteiger partial charge in [-0.3, -0.25) is 4.79 Å². The van der Waals surface area contributed by atoms with Crippen molar-refractivity contribution in [2.45, 2.75) is 12.5 Å². The maximum atomic E-state index is 12.0. The standard InChI is InChI=1S/C16H16N2O3/c17-13-8-6-12(7-9-13)15(19)18-14(16(20)21)10-11-4-2-1-3-5-11/h1-9,14H,10,17H2,(H,18,19)(H,20,21)/t14-/m1/s1. The second-order valence-corrected chi connectivity index (χ2v) is 4.68. The summed E-state index contributed by atoms with van der Waals surface area (Å²) in [6.07, 6.45) is 0.233. The van der Waals surface area contributed by atoms with Crippen LogP contribution in [0.4, 0.5) is 5.69 Å². The highest BCUT2D eigenvalue weighted by molar-refractivity contribution is 5.96. The van der Waals surface area contributed by atoms with Gasteiger partial charge in [0.05, 0.1) is 0 Å². The van der Waals surface area contributed by atoms with Gasteiger partial charge in [0, 0.05) is 17.7 Å². The van der Waals surface area contributed by atoms with Crippen molar-refractivity contribution >= 4 is 17.6 Å². The fourth-order valence-electron chi connectivity index (χ4n) is 1.93. The van der Waals surface area contributed by atoms with Crippen molar-refractivity contribution in [2.24, 2.45) is 0 Å². The molecule has 21 heavy (non-hydrogen) atoms. The minimum absolute atomic E-state index is 0.233. The number of anilines is 1. The number of carboxylic acids is 1. The number of hydrogen-bond acceptors (Lipinski definition) is 3. The second-order valence-electron chi connectivity index (χ2n) is 4.68. The number of nitrogens with one attached hydrogen (secondary N) is 1. The summed E-state index contributed by atoms with van der Waals surface area (Å²) in [4.78, 5) is 23.3. The minimum atomic E-state index is -1.07. The van der Waals surface area contributed by atoms with Crippen molar-refractivity contribution in [3.05, 3.63) is 65.7 Å². The van der Waals surface area contributed by atoms with Gasteiger partial charge in [0.25, 0.3) is 5.91 Å². The van der Waals surface area contributed by atoms with Crippen LogP contribution < -0.4 is 11.1 Å². The Morgan fingerprint density at radius 1 is 1.05 bits per heavy atom. The Balaban J connectivity index is 2.07. The van der Waals surface area contributed by atoms with Crippen molar-refractivity contribution in [1.29, 1.82) is 0 Å². The smallest absolute Gasteiger partial charge is 0.326 e. The van der Waals surface area contributed by atoms with E-state index < -0.39 is 17.9 Å². The van der Waals surface area contributed by atoms with Gasteiger partial charge >= 0.3 is 5.97 Å². The summed E-state index contributed by atoms with van der Waals surface area (Å²) in [7, 11) is 0. The summed E-state index contributed by atoms with van der Waals surface area (Å²) in [5.41, 5.74) is 7.33. The van der Waals surface area contributed by atoms with Crippen LogP contribution in [0.5, 0.6) is 0 Å². The molecule has 1 amide bonds. The molecule has 0 unspecified atom stereocenters. The second kappa shape index (κ2) is 6.56. The molecule has 0 aliphatic carbocycles. The number of aliphatic carboxylic acids is 1. The zero-order valence-corrected chi connectivity index (χ0v) is 11.3. The molecular weight excluding hydrogens is 268 g/mol. The molecule has 5 nitrogen and oxygen atoms in total. The molecule has 2 rings (SSSR count). The summed E-state index contributed by atoms with van der Waals surface area (Å²) >= 11 is 0. The lowest BCUT2D eigenvalue weighted by molar-refractivity contribution is -0.139. The summed E-state index contributed by atoms with van der Waals surface area (Å²) in [6, 6.07) is 14.5. The van der Waals surface area contributed by atoms with E-state index >= 15 is 0 Å². The molecule has 0 aliphatic heterocycles. The first-order chi connectivity index (χ1) is 10.1. The monoisotopic (exact) mass is 284 g/mol. The van der Waals surface area contributed by atoms with Crippen molar-refractivity contribution < 1.29 is 14.7 Å². The highest BCUT2D eigenvalue weighted by Crippen LogP contribution is 2.08. The van der Waals surface area contributed by atoms with Gasteiger partial charge in [-0.15, -0.1) is 0 Å². The minimum Gasteiger partial charge on any atom is -0.480 e. The maximum absolute atomic E-state index is 12.0. The normalized spacial score (nSPS) is 11.6. The van der Waals surface area contributed by atoms with E-state index in [9.17, 15) is 14.7 Å². The molecule has 5 heteroatoms. The van der Waals surface area contributed by atoms with Gasteiger partial charge in [0.1, 0.15) is 6.04 Å². The van der Waals surface area contributed by atoms with Crippen LogP contribution in [-0.4, -0.2) is 23.0 Å². The molecule has 0 fully saturated rings. The van der Waals surface area contributed by atoms with E-state index in [4.69, 9.17) is 5.73 Å². The molecule has 0 aromatic heterocycles. The molecule has 0 heterocycles. The first-order valence-corrected chi connectivity index (χ1v) is 6.49. The van der Waals surface area contributed by atoms with E-state index in [1.165, 1.54) is 0 Å². The summed E-state index contributed by atoms with van der Waals surface area (Å²) in [6.45, 7) is 0. The van der Waals surface area contributed by atoms with Gasteiger partial charge in [-0.1, -0.05) is 30.3 Å². The SMILES string of the molecule is Nc1ccc(C(=O)N[C@H](Cc2ccccc2)C(=O)O)cc1. The fourth-order valence-corrected chi connectivity index (χ4v) is 1.93. The Labute approximate surface area is 122 Å². The third kappa shape index (κ3) is 4.07. The van der Waals surface area contributed by atoms with E-state index in [0.29, 0.717) is 11.3 Å². The molecule has 2 aromatic rings. The number of carbonyl (C=O) groups excluding carboxylic acids is 1. The van der Waals surface area contributed by atoms with Gasteiger partial charge in [-0.25, -0.2) is 4.79 Å². The van der Waals surface area contributed by atoms with E-state index in [-0.39, 0.29) is 6.42 Å². The lowest BCUT2D eigenvalue weighted by atomic mass is 10.1. The van der Waals surface area contributed by atoms with Crippen molar-refractivity contribution in [3.63, 3.8) is 0 Å². The molecule has 0 radical (unpaired) electrons. The Kier molecular flexibility index (Phi) is 4.56. The number of nitrogens with two attached hydrogens (primary N) is 1. The van der Waals surface area contributed by atoms with Crippen LogP contribution in [0, 0.1) is 0 Å². The summed E-state index contributed by atoms with van der Waals surface area (Å²) in [5, 5.41) is 11.8. The van der Waals surface area contributed by atoms with E-state index in [2.05, 4.69) is 5.32 Å². The molecule has 0 bridgehead atoms. The molecule has 108 valence electrons.